The molecule has 6 nitrogen and oxygen atoms in total. The maximum Gasteiger partial charge on any atom is 0.319 e. The third-order valence-electron chi connectivity index (χ3n) is 5.47. The Labute approximate surface area is 171 Å². The Morgan fingerprint density at radius 3 is 2.48 bits per heavy atom. The van der Waals surface area contributed by atoms with E-state index in [1.807, 2.05) is 54.6 Å². The molecule has 2 N–H and O–H groups in total. The molecule has 0 saturated carbocycles. The van der Waals surface area contributed by atoms with Crippen LogP contribution in [0.5, 0.6) is 0 Å². The lowest BCUT2D eigenvalue weighted by Gasteiger charge is -2.18. The first-order valence-electron chi connectivity index (χ1n) is 10.2. The van der Waals surface area contributed by atoms with Crippen LogP contribution in [0.15, 0.2) is 54.6 Å². The van der Waals surface area contributed by atoms with E-state index in [0.29, 0.717) is 25.7 Å². The van der Waals surface area contributed by atoms with E-state index in [1.54, 1.807) is 0 Å². The molecule has 0 aromatic heterocycles. The number of ether oxygens (including phenoxy) is 3. The quantitative estimate of drug-likeness (QED) is 0.782. The second-order valence-electron chi connectivity index (χ2n) is 7.91. The molecule has 4 unspecified atom stereocenters. The molecule has 2 heterocycles. The number of hydrogen-bond acceptors (Lipinski definition) is 4. The molecule has 2 aliphatic heterocycles. The van der Waals surface area contributed by atoms with Crippen LogP contribution < -0.4 is 10.6 Å². The van der Waals surface area contributed by atoms with Crippen LogP contribution in [0.1, 0.15) is 30.9 Å². The second kappa shape index (κ2) is 8.95. The van der Waals surface area contributed by atoms with Gasteiger partial charge in [0, 0.05) is 5.69 Å². The lowest BCUT2D eigenvalue weighted by molar-refractivity contribution is -0.0392. The Morgan fingerprint density at radius 2 is 1.76 bits per heavy atom. The Kier molecular flexibility index (Phi) is 6.13. The van der Waals surface area contributed by atoms with Crippen molar-refractivity contribution in [1.82, 2.24) is 5.32 Å². The van der Waals surface area contributed by atoms with Crippen molar-refractivity contribution in [2.24, 2.45) is 0 Å². The van der Waals surface area contributed by atoms with Crippen molar-refractivity contribution < 1.29 is 19.0 Å². The van der Waals surface area contributed by atoms with E-state index in [9.17, 15) is 4.79 Å². The summed E-state index contributed by atoms with van der Waals surface area (Å²) in [4.78, 5) is 12.4. The van der Waals surface area contributed by atoms with E-state index in [1.165, 1.54) is 5.56 Å². The number of carbonyl (C=O) groups excluding carboxylic acids is 1. The van der Waals surface area contributed by atoms with Gasteiger partial charge >= 0.3 is 6.03 Å². The Bertz CT molecular complexity index is 809. The third kappa shape index (κ3) is 4.78. The van der Waals surface area contributed by atoms with E-state index in [-0.39, 0.29) is 30.4 Å². The van der Waals surface area contributed by atoms with E-state index < -0.39 is 0 Å². The van der Waals surface area contributed by atoms with E-state index in [0.717, 1.165) is 11.3 Å². The zero-order chi connectivity index (χ0) is 20.2. The Morgan fingerprint density at radius 1 is 1.03 bits per heavy atom. The largest absolute Gasteiger partial charge is 0.370 e. The summed E-state index contributed by atoms with van der Waals surface area (Å²) in [5.41, 5.74) is 3.12. The minimum absolute atomic E-state index is 0.126. The number of carbonyl (C=O) groups is 1. The van der Waals surface area contributed by atoms with Crippen molar-refractivity contribution in [3.05, 3.63) is 65.7 Å². The molecular weight excluding hydrogens is 368 g/mol. The number of urea groups is 1. The maximum atomic E-state index is 12.4. The predicted molar refractivity (Wildman–Crippen MR) is 111 cm³/mol. The summed E-state index contributed by atoms with van der Waals surface area (Å²) >= 11 is 0. The third-order valence-corrected chi connectivity index (χ3v) is 5.47. The standard InChI is InChI=1S/C23H28N2O4/c1-15(2)17-8-10-18(11-9-17)24-23(26)25-19-13-28-22-20(14-29-21(19)22)27-12-16-6-4-3-5-7-16/h3-11,15,19-22H,12-14H2,1-2H3,(H2,24,25,26). The van der Waals surface area contributed by atoms with E-state index in [4.69, 9.17) is 14.2 Å². The van der Waals surface area contributed by atoms with Crippen molar-refractivity contribution in [2.75, 3.05) is 18.5 Å². The normalized spacial score (nSPS) is 25.8. The van der Waals surface area contributed by atoms with Gasteiger partial charge < -0.3 is 24.8 Å². The molecule has 0 bridgehead atoms. The molecule has 6 heteroatoms. The highest BCUT2D eigenvalue weighted by Gasteiger charge is 2.48. The fourth-order valence-electron chi connectivity index (χ4n) is 3.80. The number of hydrogen-bond donors (Lipinski definition) is 2. The molecule has 2 saturated heterocycles. The van der Waals surface area contributed by atoms with Gasteiger partial charge in [-0.1, -0.05) is 56.3 Å². The highest BCUT2D eigenvalue weighted by Crippen LogP contribution is 2.29. The molecule has 2 aromatic rings. The van der Waals surface area contributed by atoms with Crippen LogP contribution >= 0.6 is 0 Å². The topological polar surface area (TPSA) is 68.8 Å². The molecule has 4 rings (SSSR count). The van der Waals surface area contributed by atoms with Crippen LogP contribution in [-0.2, 0) is 20.8 Å². The number of amides is 2. The Hall–Kier alpha value is -2.41. The number of benzene rings is 2. The van der Waals surface area contributed by atoms with Gasteiger partial charge in [0.2, 0.25) is 0 Å². The average molecular weight is 396 g/mol. The molecule has 2 aromatic carbocycles. The zero-order valence-electron chi connectivity index (χ0n) is 16.8. The summed E-state index contributed by atoms with van der Waals surface area (Å²) in [7, 11) is 0. The molecule has 4 atom stereocenters. The van der Waals surface area contributed by atoms with Crippen LogP contribution in [0.4, 0.5) is 10.5 Å². The summed E-state index contributed by atoms with van der Waals surface area (Å²) in [5, 5.41) is 5.86. The van der Waals surface area contributed by atoms with Gasteiger partial charge in [0.15, 0.2) is 0 Å². The Balaban J connectivity index is 1.27. The van der Waals surface area contributed by atoms with Crippen LogP contribution in [0.3, 0.4) is 0 Å². The van der Waals surface area contributed by atoms with Gasteiger partial charge in [-0.3, -0.25) is 0 Å². The average Bonchev–Trinajstić information content (AvgIpc) is 3.30. The lowest BCUT2D eigenvalue weighted by Crippen LogP contribution is -2.46. The minimum atomic E-state index is -0.256. The van der Waals surface area contributed by atoms with Crippen molar-refractivity contribution >= 4 is 11.7 Å². The molecule has 2 aliphatic rings. The highest BCUT2D eigenvalue weighted by molar-refractivity contribution is 5.89. The molecule has 0 radical (unpaired) electrons. The minimum Gasteiger partial charge on any atom is -0.370 e. The van der Waals surface area contributed by atoms with Crippen molar-refractivity contribution in [2.45, 2.75) is 50.7 Å². The first-order valence-corrected chi connectivity index (χ1v) is 10.2. The zero-order valence-corrected chi connectivity index (χ0v) is 16.8. The summed E-state index contributed by atoms with van der Waals surface area (Å²) in [6.45, 7) is 5.69. The summed E-state index contributed by atoms with van der Waals surface area (Å²) in [5.74, 6) is 0.460. The first kappa shape index (κ1) is 19.9. The van der Waals surface area contributed by atoms with Crippen LogP contribution in [0.25, 0.3) is 0 Å². The van der Waals surface area contributed by atoms with E-state index >= 15 is 0 Å². The maximum absolute atomic E-state index is 12.4. The fraction of sp³-hybridized carbons (Fsp3) is 0.435. The van der Waals surface area contributed by atoms with Gasteiger partial charge in [0.05, 0.1) is 25.9 Å². The molecular formula is C23H28N2O4. The van der Waals surface area contributed by atoms with Gasteiger partial charge in [0.25, 0.3) is 0 Å². The first-order chi connectivity index (χ1) is 14.1. The second-order valence-corrected chi connectivity index (χ2v) is 7.91. The van der Waals surface area contributed by atoms with Gasteiger partial charge in [-0.25, -0.2) is 4.79 Å². The van der Waals surface area contributed by atoms with Gasteiger partial charge in [-0.2, -0.15) is 0 Å². The lowest BCUT2D eigenvalue weighted by atomic mass is 10.0. The molecule has 2 fully saturated rings. The smallest absolute Gasteiger partial charge is 0.319 e. The number of fused-ring (bicyclic) bond motifs is 1. The highest BCUT2D eigenvalue weighted by atomic mass is 16.6. The fourth-order valence-corrected chi connectivity index (χ4v) is 3.80. The monoisotopic (exact) mass is 396 g/mol. The van der Waals surface area contributed by atoms with Gasteiger partial charge in [0.1, 0.15) is 18.3 Å². The van der Waals surface area contributed by atoms with Crippen molar-refractivity contribution in [1.29, 1.82) is 0 Å². The van der Waals surface area contributed by atoms with Crippen LogP contribution in [0, 0.1) is 0 Å². The molecule has 0 spiro atoms. The molecule has 2 amide bonds. The number of rotatable bonds is 6. The summed E-state index contributed by atoms with van der Waals surface area (Å²) in [6, 6.07) is 17.5. The molecule has 0 aliphatic carbocycles. The summed E-state index contributed by atoms with van der Waals surface area (Å²) < 4.78 is 17.8. The van der Waals surface area contributed by atoms with Gasteiger partial charge in [-0.15, -0.1) is 0 Å². The SMILES string of the molecule is CC(C)c1ccc(NC(=O)NC2COC3C(OCc4ccccc4)COC23)cc1. The summed E-state index contributed by atoms with van der Waals surface area (Å²) in [6.07, 6.45) is -0.474. The molecule has 29 heavy (non-hydrogen) atoms. The van der Waals surface area contributed by atoms with Crippen LogP contribution in [-0.4, -0.2) is 43.6 Å². The van der Waals surface area contributed by atoms with E-state index in [2.05, 4.69) is 24.5 Å². The predicted octanol–water partition coefficient (Wildman–Crippen LogP) is 3.68. The number of nitrogens with one attached hydrogen (secondary N) is 2. The van der Waals surface area contributed by atoms with Crippen molar-refractivity contribution in [3.8, 4) is 0 Å². The molecule has 154 valence electrons. The van der Waals surface area contributed by atoms with Crippen molar-refractivity contribution in [3.63, 3.8) is 0 Å². The van der Waals surface area contributed by atoms with Crippen LogP contribution in [0.2, 0.25) is 0 Å². The number of anilines is 1. The van der Waals surface area contributed by atoms with Gasteiger partial charge in [-0.05, 0) is 29.2 Å².